The van der Waals surface area contributed by atoms with E-state index in [1.807, 2.05) is 0 Å². The molecule has 5 aromatic rings. The Balaban J connectivity index is 1.29. The van der Waals surface area contributed by atoms with Gasteiger partial charge in [-0.3, -0.25) is 0 Å². The lowest BCUT2D eigenvalue weighted by Crippen LogP contribution is -2.55. The maximum absolute atomic E-state index is 15.5. The summed E-state index contributed by atoms with van der Waals surface area (Å²) in [6.45, 7) is 7.53. The van der Waals surface area contributed by atoms with Crippen LogP contribution in [-0.2, 0) is 0 Å². The van der Waals surface area contributed by atoms with E-state index in [-0.39, 0.29) is 11.7 Å². The van der Waals surface area contributed by atoms with E-state index in [1.54, 1.807) is 48.1 Å². The first-order valence-corrected chi connectivity index (χ1v) is 12.0. The number of benzene rings is 1. The zero-order chi connectivity index (χ0) is 25.5. The zero-order valence-corrected chi connectivity index (χ0v) is 20.6. The summed E-state index contributed by atoms with van der Waals surface area (Å²) < 4.78 is 23.0. The van der Waals surface area contributed by atoms with Gasteiger partial charge in [0.1, 0.15) is 35.2 Å². The van der Waals surface area contributed by atoms with Gasteiger partial charge in [0.15, 0.2) is 17.3 Å². The van der Waals surface area contributed by atoms with E-state index in [0.717, 1.165) is 13.1 Å². The van der Waals surface area contributed by atoms with Crippen molar-refractivity contribution in [2.24, 2.45) is 0 Å². The molecular weight excluding hydrogens is 475 g/mol. The van der Waals surface area contributed by atoms with E-state index in [0.29, 0.717) is 51.6 Å². The predicted molar refractivity (Wildman–Crippen MR) is 137 cm³/mol. The van der Waals surface area contributed by atoms with Crippen LogP contribution in [0.4, 0.5) is 21.8 Å². The Labute approximate surface area is 211 Å². The highest BCUT2D eigenvalue weighted by molar-refractivity contribution is 5.87. The van der Waals surface area contributed by atoms with Crippen LogP contribution in [0.5, 0.6) is 11.5 Å². The smallest absolute Gasteiger partial charge is 0.226 e. The highest BCUT2D eigenvalue weighted by Crippen LogP contribution is 2.33. The molecule has 188 valence electrons. The third kappa shape index (κ3) is 4.35. The number of nitrogens with zero attached hydrogens (tertiary/aromatic N) is 8. The number of pyridine rings is 1. The minimum Gasteiger partial charge on any atom is -0.457 e. The van der Waals surface area contributed by atoms with Gasteiger partial charge in [-0.1, -0.05) is 0 Å². The largest absolute Gasteiger partial charge is 0.457 e. The van der Waals surface area contributed by atoms with Crippen molar-refractivity contribution in [1.29, 1.82) is 0 Å². The molecule has 2 atom stereocenters. The number of hydrogen-bond donors (Lipinski definition) is 2. The normalized spacial score (nSPS) is 17.9. The first kappa shape index (κ1) is 23.0. The Morgan fingerprint density at radius 3 is 2.89 bits per heavy atom. The van der Waals surface area contributed by atoms with Crippen molar-refractivity contribution >= 4 is 34.1 Å². The number of rotatable bonds is 5. The minimum absolute atomic E-state index is 0.229. The van der Waals surface area contributed by atoms with Crippen LogP contribution in [0.1, 0.15) is 19.4 Å². The van der Waals surface area contributed by atoms with Crippen molar-refractivity contribution in [2.75, 3.05) is 23.3 Å². The molecule has 0 aliphatic carbocycles. The summed E-state index contributed by atoms with van der Waals surface area (Å²) in [5, 5.41) is 10.6. The van der Waals surface area contributed by atoms with Gasteiger partial charge < -0.3 is 20.3 Å². The van der Waals surface area contributed by atoms with Crippen molar-refractivity contribution in [3.63, 3.8) is 0 Å². The quantitative estimate of drug-likeness (QED) is 0.370. The molecule has 4 aromatic heterocycles. The summed E-state index contributed by atoms with van der Waals surface area (Å²) in [4.78, 5) is 24.2. The molecule has 5 heterocycles. The molecule has 6 rings (SSSR count). The second-order valence-corrected chi connectivity index (χ2v) is 9.14. The van der Waals surface area contributed by atoms with Gasteiger partial charge in [0, 0.05) is 43.0 Å². The van der Waals surface area contributed by atoms with Gasteiger partial charge >= 0.3 is 0 Å². The first-order valence-electron chi connectivity index (χ1n) is 12.0. The molecule has 1 aromatic carbocycles. The van der Waals surface area contributed by atoms with Crippen molar-refractivity contribution in [3.05, 3.63) is 60.7 Å². The molecule has 0 unspecified atom stereocenters. The Bertz CT molecular complexity index is 1610. The maximum atomic E-state index is 15.5. The van der Waals surface area contributed by atoms with Crippen LogP contribution in [0.3, 0.4) is 0 Å². The van der Waals surface area contributed by atoms with E-state index in [9.17, 15) is 0 Å². The van der Waals surface area contributed by atoms with Crippen LogP contribution >= 0.6 is 0 Å². The summed E-state index contributed by atoms with van der Waals surface area (Å²) >= 11 is 0. The lowest BCUT2D eigenvalue weighted by molar-refractivity contribution is 0.420. The molecule has 0 bridgehead atoms. The second kappa shape index (κ2) is 9.21. The van der Waals surface area contributed by atoms with Crippen LogP contribution in [-0.4, -0.2) is 59.7 Å². The molecule has 1 aliphatic heterocycles. The lowest BCUT2D eigenvalue weighted by atomic mass is 10.1. The molecule has 1 aliphatic rings. The van der Waals surface area contributed by atoms with E-state index < -0.39 is 5.82 Å². The molecule has 1 fully saturated rings. The fourth-order valence-electron chi connectivity index (χ4n) is 4.36. The van der Waals surface area contributed by atoms with Crippen molar-refractivity contribution in [3.8, 4) is 11.5 Å². The standard InChI is InChI=1S/C25H25FN10O/c1-14-11-35(15(2)9-27-14)25-28-10-19-23(34-25)24(31-12-29-19)33-18-4-5-20(16(3)22(18)26)37-17-6-7-36-21(8-17)30-13-32-36/h4-8,10,12-15,27H,9,11H2,1-3H3,(H,29,31,33)/t14-,15-/m1/s1. The van der Waals surface area contributed by atoms with Gasteiger partial charge in [-0.25, -0.2) is 33.8 Å². The summed E-state index contributed by atoms with van der Waals surface area (Å²) in [7, 11) is 0. The Kier molecular flexibility index (Phi) is 5.72. The summed E-state index contributed by atoms with van der Waals surface area (Å²) in [5.41, 5.74) is 2.32. The summed E-state index contributed by atoms with van der Waals surface area (Å²) in [5.74, 6) is 1.47. The Hall–Kier alpha value is -4.45. The molecule has 0 radical (unpaired) electrons. The average Bonchev–Trinajstić information content (AvgIpc) is 3.38. The van der Waals surface area contributed by atoms with Crippen molar-refractivity contribution in [2.45, 2.75) is 32.9 Å². The number of anilines is 3. The molecule has 11 nitrogen and oxygen atoms in total. The highest BCUT2D eigenvalue weighted by Gasteiger charge is 2.25. The van der Waals surface area contributed by atoms with Gasteiger partial charge in [0.25, 0.3) is 0 Å². The number of halogens is 1. The molecule has 0 amide bonds. The Morgan fingerprint density at radius 2 is 2.00 bits per heavy atom. The second-order valence-electron chi connectivity index (χ2n) is 9.14. The minimum atomic E-state index is -0.452. The van der Waals surface area contributed by atoms with Crippen molar-refractivity contribution in [1.82, 2.24) is 39.9 Å². The van der Waals surface area contributed by atoms with Gasteiger partial charge in [0.05, 0.1) is 11.9 Å². The van der Waals surface area contributed by atoms with Crippen molar-refractivity contribution < 1.29 is 9.13 Å². The third-order valence-electron chi connectivity index (χ3n) is 6.46. The topological polar surface area (TPSA) is 118 Å². The lowest BCUT2D eigenvalue weighted by Gasteiger charge is -2.37. The third-order valence-corrected chi connectivity index (χ3v) is 6.46. The van der Waals surface area contributed by atoms with Gasteiger partial charge in [0.2, 0.25) is 5.95 Å². The summed E-state index contributed by atoms with van der Waals surface area (Å²) in [6, 6.07) is 7.35. The molecule has 1 saturated heterocycles. The molecule has 12 heteroatoms. The average molecular weight is 501 g/mol. The number of hydrogen-bond acceptors (Lipinski definition) is 10. The number of piperazine rings is 1. The number of aromatic nitrogens is 7. The van der Waals surface area contributed by atoms with Gasteiger partial charge in [-0.15, -0.1) is 0 Å². The van der Waals surface area contributed by atoms with Crippen LogP contribution in [0, 0.1) is 12.7 Å². The van der Waals surface area contributed by atoms with Gasteiger partial charge in [-0.2, -0.15) is 5.10 Å². The van der Waals surface area contributed by atoms with E-state index >= 15 is 4.39 Å². The Morgan fingerprint density at radius 1 is 1.11 bits per heavy atom. The van der Waals surface area contributed by atoms with Crippen LogP contribution in [0.25, 0.3) is 16.7 Å². The highest BCUT2D eigenvalue weighted by atomic mass is 19.1. The fourth-order valence-corrected chi connectivity index (χ4v) is 4.36. The number of ether oxygens (including phenoxy) is 1. The van der Waals surface area contributed by atoms with E-state index in [4.69, 9.17) is 9.72 Å². The zero-order valence-electron chi connectivity index (χ0n) is 20.6. The van der Waals surface area contributed by atoms with E-state index in [1.165, 1.54) is 12.7 Å². The van der Waals surface area contributed by atoms with E-state index in [2.05, 4.69) is 54.4 Å². The molecule has 2 N–H and O–H groups in total. The van der Waals surface area contributed by atoms with Crippen LogP contribution in [0.15, 0.2) is 49.3 Å². The van der Waals surface area contributed by atoms with Crippen LogP contribution in [0.2, 0.25) is 0 Å². The van der Waals surface area contributed by atoms with Gasteiger partial charge in [-0.05, 0) is 39.0 Å². The monoisotopic (exact) mass is 500 g/mol. The molecular formula is C25H25FN10O. The first-order chi connectivity index (χ1) is 18.0. The number of fused-ring (bicyclic) bond motifs is 2. The molecule has 0 spiro atoms. The SMILES string of the molecule is Cc1c(Oc2ccn3ncnc3c2)ccc(Nc2ncnc3cnc(N4C[C@@H](C)NC[C@H]4C)nc23)c1F. The predicted octanol–water partition coefficient (Wildman–Crippen LogP) is 3.63. The molecule has 37 heavy (non-hydrogen) atoms. The maximum Gasteiger partial charge on any atom is 0.226 e. The molecule has 0 saturated carbocycles. The number of nitrogens with one attached hydrogen (secondary N) is 2. The van der Waals surface area contributed by atoms with Crippen LogP contribution < -0.4 is 20.3 Å². The fraction of sp³-hybridized carbons (Fsp3) is 0.280. The summed E-state index contributed by atoms with van der Waals surface area (Å²) in [6.07, 6.45) is 6.28.